The summed E-state index contributed by atoms with van der Waals surface area (Å²) in [4.78, 5) is 15.5. The van der Waals surface area contributed by atoms with Crippen molar-refractivity contribution in [3.05, 3.63) is 59.4 Å². The Balaban J connectivity index is 0.000000530. The summed E-state index contributed by atoms with van der Waals surface area (Å²) in [5, 5.41) is 6.38. The molecule has 1 aromatic heterocycles. The van der Waals surface area contributed by atoms with E-state index in [9.17, 15) is 4.79 Å². The van der Waals surface area contributed by atoms with Crippen LogP contribution in [0.25, 0.3) is 0 Å². The van der Waals surface area contributed by atoms with Gasteiger partial charge in [0.2, 0.25) is 0 Å². The van der Waals surface area contributed by atoms with Gasteiger partial charge in [-0.1, -0.05) is 43.6 Å². The summed E-state index contributed by atoms with van der Waals surface area (Å²) in [5.74, 6) is -0.144. The van der Waals surface area contributed by atoms with Gasteiger partial charge >= 0.3 is 0 Å². The Morgan fingerprint density at radius 2 is 1.84 bits per heavy atom. The SMILES string of the molecule is CC.CNC(=O)c1ccncc1NCOC(C)C.Clc1ccccc1. The van der Waals surface area contributed by atoms with Gasteiger partial charge in [-0.2, -0.15) is 0 Å². The van der Waals surface area contributed by atoms with Crippen LogP contribution in [0.3, 0.4) is 0 Å². The van der Waals surface area contributed by atoms with Gasteiger partial charge < -0.3 is 15.4 Å². The largest absolute Gasteiger partial charge is 0.361 e. The third-order valence-electron chi connectivity index (χ3n) is 2.71. The third kappa shape index (κ3) is 10.4. The Labute approximate surface area is 155 Å². The van der Waals surface area contributed by atoms with Gasteiger partial charge in [0.1, 0.15) is 6.73 Å². The minimum Gasteiger partial charge on any atom is -0.361 e. The molecule has 1 amide bonds. The number of halogens is 1. The highest BCUT2D eigenvalue weighted by atomic mass is 35.5. The van der Waals surface area contributed by atoms with Crippen LogP contribution in [-0.2, 0) is 4.74 Å². The first-order valence-electron chi connectivity index (χ1n) is 8.26. The highest BCUT2D eigenvalue weighted by molar-refractivity contribution is 6.30. The Morgan fingerprint density at radius 1 is 1.20 bits per heavy atom. The van der Waals surface area contributed by atoms with Crippen LogP contribution in [0.4, 0.5) is 5.69 Å². The molecule has 25 heavy (non-hydrogen) atoms. The van der Waals surface area contributed by atoms with Gasteiger partial charge in [-0.15, -0.1) is 0 Å². The zero-order chi connectivity index (χ0) is 19.1. The molecule has 0 bridgehead atoms. The molecule has 2 rings (SSSR count). The van der Waals surface area contributed by atoms with Gasteiger partial charge in [0.05, 0.1) is 23.6 Å². The second-order valence-electron chi connectivity index (χ2n) is 4.83. The third-order valence-corrected chi connectivity index (χ3v) is 2.96. The van der Waals surface area contributed by atoms with Gasteiger partial charge in [-0.05, 0) is 32.0 Å². The van der Waals surface area contributed by atoms with Crippen LogP contribution in [-0.4, -0.2) is 30.8 Å². The van der Waals surface area contributed by atoms with Crippen LogP contribution in [0, 0.1) is 0 Å². The first kappa shape index (κ1) is 22.9. The van der Waals surface area contributed by atoms with E-state index in [4.69, 9.17) is 16.3 Å². The predicted molar refractivity (Wildman–Crippen MR) is 105 cm³/mol. The Kier molecular flexibility index (Phi) is 13.0. The Hall–Kier alpha value is -2.11. The van der Waals surface area contributed by atoms with E-state index < -0.39 is 0 Å². The minimum absolute atomic E-state index is 0.144. The number of ether oxygens (including phenoxy) is 1. The molecule has 2 N–H and O–H groups in total. The molecule has 0 aliphatic rings. The molecule has 0 atom stereocenters. The van der Waals surface area contributed by atoms with E-state index in [2.05, 4.69) is 15.6 Å². The summed E-state index contributed by atoms with van der Waals surface area (Å²) < 4.78 is 5.34. The average molecular weight is 366 g/mol. The van der Waals surface area contributed by atoms with Gasteiger partial charge in [0.15, 0.2) is 0 Å². The summed E-state index contributed by atoms with van der Waals surface area (Å²) in [6.07, 6.45) is 3.33. The Bertz CT molecular complexity index is 592. The van der Waals surface area contributed by atoms with Crippen molar-refractivity contribution in [2.45, 2.75) is 33.8 Å². The summed E-state index contributed by atoms with van der Waals surface area (Å²) in [5.41, 5.74) is 1.23. The number of hydrogen-bond donors (Lipinski definition) is 2. The molecule has 1 aromatic carbocycles. The van der Waals surface area contributed by atoms with Gasteiger partial charge in [0, 0.05) is 18.3 Å². The fourth-order valence-corrected chi connectivity index (χ4v) is 1.71. The van der Waals surface area contributed by atoms with Gasteiger partial charge in [-0.3, -0.25) is 9.78 Å². The molecule has 0 saturated heterocycles. The number of aromatic nitrogens is 1. The molecule has 0 unspecified atom stereocenters. The zero-order valence-corrected chi connectivity index (χ0v) is 16.3. The highest BCUT2D eigenvalue weighted by Crippen LogP contribution is 2.12. The quantitative estimate of drug-likeness (QED) is 0.760. The van der Waals surface area contributed by atoms with Crippen molar-refractivity contribution in [1.82, 2.24) is 10.3 Å². The molecule has 0 radical (unpaired) electrons. The van der Waals surface area contributed by atoms with Crippen molar-refractivity contribution < 1.29 is 9.53 Å². The van der Waals surface area contributed by atoms with E-state index >= 15 is 0 Å². The summed E-state index contributed by atoms with van der Waals surface area (Å²) in [6.45, 7) is 8.25. The number of rotatable bonds is 5. The van der Waals surface area contributed by atoms with Gasteiger partial charge in [-0.25, -0.2) is 0 Å². The van der Waals surface area contributed by atoms with Crippen LogP contribution in [0.15, 0.2) is 48.8 Å². The Morgan fingerprint density at radius 3 is 2.32 bits per heavy atom. The van der Waals surface area contributed by atoms with E-state index in [0.717, 1.165) is 5.02 Å². The molecule has 0 saturated carbocycles. The van der Waals surface area contributed by atoms with Crippen LogP contribution in [0.5, 0.6) is 0 Å². The zero-order valence-electron chi connectivity index (χ0n) is 15.5. The van der Waals surface area contributed by atoms with E-state index in [-0.39, 0.29) is 12.0 Å². The fourth-order valence-electron chi connectivity index (χ4n) is 1.57. The fraction of sp³-hybridized carbons (Fsp3) is 0.368. The molecule has 0 spiro atoms. The van der Waals surface area contributed by atoms with E-state index in [0.29, 0.717) is 18.0 Å². The number of hydrogen-bond acceptors (Lipinski definition) is 4. The topological polar surface area (TPSA) is 63.2 Å². The molecular weight excluding hydrogens is 338 g/mol. The van der Waals surface area contributed by atoms with Crippen molar-refractivity contribution >= 4 is 23.2 Å². The molecule has 1 heterocycles. The summed E-state index contributed by atoms with van der Waals surface area (Å²) >= 11 is 5.54. The number of carbonyl (C=O) groups is 1. The van der Waals surface area contributed by atoms with Crippen molar-refractivity contribution in [1.29, 1.82) is 0 Å². The molecule has 6 heteroatoms. The van der Waals surface area contributed by atoms with E-state index in [1.165, 1.54) is 0 Å². The number of pyridine rings is 1. The van der Waals surface area contributed by atoms with Crippen molar-refractivity contribution in [3.63, 3.8) is 0 Å². The average Bonchev–Trinajstić information content (AvgIpc) is 2.64. The second-order valence-corrected chi connectivity index (χ2v) is 5.27. The minimum atomic E-state index is -0.144. The highest BCUT2D eigenvalue weighted by Gasteiger charge is 2.08. The van der Waals surface area contributed by atoms with Crippen molar-refractivity contribution in [2.75, 3.05) is 19.1 Å². The van der Waals surface area contributed by atoms with Crippen LogP contribution < -0.4 is 10.6 Å². The summed E-state index contributed by atoms with van der Waals surface area (Å²) in [6, 6.07) is 11.1. The lowest BCUT2D eigenvalue weighted by molar-refractivity contribution is 0.0934. The van der Waals surface area contributed by atoms with E-state index in [1.54, 1.807) is 25.5 Å². The molecule has 138 valence electrons. The number of nitrogens with zero attached hydrogens (tertiary/aromatic N) is 1. The van der Waals surface area contributed by atoms with Gasteiger partial charge in [0.25, 0.3) is 5.91 Å². The summed E-state index contributed by atoms with van der Waals surface area (Å²) in [7, 11) is 1.59. The van der Waals surface area contributed by atoms with E-state index in [1.807, 2.05) is 58.0 Å². The molecular formula is C19H28ClN3O2. The first-order chi connectivity index (χ1) is 12.0. The lowest BCUT2D eigenvalue weighted by atomic mass is 10.2. The lowest BCUT2D eigenvalue weighted by Crippen LogP contribution is -2.21. The number of anilines is 1. The monoisotopic (exact) mass is 365 g/mol. The molecule has 5 nitrogen and oxygen atoms in total. The lowest BCUT2D eigenvalue weighted by Gasteiger charge is -2.12. The number of amides is 1. The maximum Gasteiger partial charge on any atom is 0.253 e. The standard InChI is InChI=1S/C11H17N3O2.C6H5Cl.C2H6/c1-8(2)16-7-14-10-6-13-5-4-9(10)11(15)12-3;7-6-4-2-1-3-5-6;1-2/h4-6,8,14H,7H2,1-3H3,(H,12,15);1-5H;1-2H3. The molecule has 0 aliphatic heterocycles. The molecule has 0 aliphatic carbocycles. The maximum absolute atomic E-state index is 11.5. The number of benzene rings is 1. The smallest absolute Gasteiger partial charge is 0.253 e. The van der Waals surface area contributed by atoms with Crippen LogP contribution in [0.2, 0.25) is 5.02 Å². The molecule has 0 fully saturated rings. The number of carbonyl (C=O) groups excluding carboxylic acids is 1. The van der Waals surface area contributed by atoms with Crippen LogP contribution in [0.1, 0.15) is 38.1 Å². The number of nitrogens with one attached hydrogen (secondary N) is 2. The maximum atomic E-state index is 11.5. The molecule has 2 aromatic rings. The van der Waals surface area contributed by atoms with Crippen molar-refractivity contribution in [2.24, 2.45) is 0 Å². The van der Waals surface area contributed by atoms with Crippen LogP contribution >= 0.6 is 11.6 Å². The predicted octanol–water partition coefficient (Wildman–Crippen LogP) is 4.60. The van der Waals surface area contributed by atoms with Crippen molar-refractivity contribution in [3.8, 4) is 0 Å². The first-order valence-corrected chi connectivity index (χ1v) is 8.64. The second kappa shape index (κ2) is 14.3. The normalized spacial score (nSPS) is 9.24.